The number of carbonyl (C=O) groups excluding carboxylic acids is 5. The fourth-order valence-electron chi connectivity index (χ4n) is 2.42. The number of nitrogens with one attached hydrogen (secondary N) is 3. The minimum absolute atomic E-state index is 0.0610. The lowest BCUT2D eigenvalue weighted by Crippen LogP contribution is -2.55. The van der Waals surface area contributed by atoms with Crippen LogP contribution in [-0.2, 0) is 28.6 Å². The van der Waals surface area contributed by atoms with Gasteiger partial charge < -0.3 is 40.7 Å². The summed E-state index contributed by atoms with van der Waals surface area (Å²) < 4.78 is 14.7. The Kier molecular flexibility index (Phi) is 15.5. The van der Waals surface area contributed by atoms with E-state index in [0.717, 1.165) is 0 Å². The molecule has 13 heteroatoms. The van der Waals surface area contributed by atoms with Gasteiger partial charge in [-0.25, -0.2) is 9.59 Å². The summed E-state index contributed by atoms with van der Waals surface area (Å²) in [6, 6.07) is -3.19. The van der Waals surface area contributed by atoms with Crippen LogP contribution in [0.15, 0.2) is 4.99 Å². The van der Waals surface area contributed by atoms with E-state index >= 15 is 0 Å². The zero-order valence-electron chi connectivity index (χ0n) is 21.3. The summed E-state index contributed by atoms with van der Waals surface area (Å²) in [5.74, 6) is -0.936. The van der Waals surface area contributed by atoms with Gasteiger partial charge in [0.15, 0.2) is 0 Å². The first-order valence-electron chi connectivity index (χ1n) is 11.4. The molecular formula is C22H39N5O8. The second-order valence-electron chi connectivity index (χ2n) is 8.56. The van der Waals surface area contributed by atoms with E-state index in [0.29, 0.717) is 31.5 Å². The van der Waals surface area contributed by atoms with Crippen LogP contribution in [-0.4, -0.2) is 80.2 Å². The number of carbonyl (C=O) groups is 5. The Balaban J connectivity index is 5.01. The number of hydrogen-bond acceptors (Lipinski definition) is 9. The van der Waals surface area contributed by atoms with Crippen LogP contribution >= 0.6 is 0 Å². The molecule has 5 N–H and O–H groups in total. The minimum atomic E-state index is -1.36. The Morgan fingerprint density at radius 1 is 0.943 bits per heavy atom. The Morgan fingerprint density at radius 2 is 1.60 bits per heavy atom. The van der Waals surface area contributed by atoms with Crippen molar-refractivity contribution in [2.45, 2.75) is 78.6 Å². The normalized spacial score (nSPS) is 13.9. The van der Waals surface area contributed by atoms with Crippen molar-refractivity contribution in [1.29, 1.82) is 0 Å². The van der Waals surface area contributed by atoms with Crippen LogP contribution in [0.25, 0.3) is 0 Å². The second-order valence-corrected chi connectivity index (χ2v) is 8.56. The third kappa shape index (κ3) is 16.0. The van der Waals surface area contributed by atoms with Crippen LogP contribution in [0.1, 0.15) is 54.4 Å². The maximum absolute atomic E-state index is 12.7. The first-order chi connectivity index (χ1) is 16.3. The molecule has 1 unspecified atom stereocenters. The van der Waals surface area contributed by atoms with Crippen LogP contribution in [0, 0.1) is 5.92 Å². The summed E-state index contributed by atoms with van der Waals surface area (Å²) in [6.45, 7) is 9.92. The van der Waals surface area contributed by atoms with Gasteiger partial charge in [-0.15, -0.1) is 0 Å². The number of hydrogen-bond donors (Lipinski definition) is 4. The number of aliphatic imine (C=N–C) groups is 1. The zero-order chi connectivity index (χ0) is 27.0. The Morgan fingerprint density at radius 3 is 2.14 bits per heavy atom. The van der Waals surface area contributed by atoms with Gasteiger partial charge in [-0.1, -0.05) is 13.8 Å². The number of ether oxygens (including phenoxy) is 3. The van der Waals surface area contributed by atoms with E-state index in [-0.39, 0.29) is 12.5 Å². The van der Waals surface area contributed by atoms with Gasteiger partial charge in [0.2, 0.25) is 11.8 Å². The van der Waals surface area contributed by atoms with Gasteiger partial charge in [-0.2, -0.15) is 0 Å². The number of alkyl carbamates (subject to hydrolysis) is 1. The Bertz CT molecular complexity index is 737. The molecule has 0 fully saturated rings. The van der Waals surface area contributed by atoms with Gasteiger partial charge in [0.1, 0.15) is 25.0 Å². The predicted molar refractivity (Wildman–Crippen MR) is 128 cm³/mol. The number of amidine groups is 1. The van der Waals surface area contributed by atoms with Crippen LogP contribution < -0.4 is 21.7 Å². The van der Waals surface area contributed by atoms with Crippen molar-refractivity contribution < 1.29 is 38.2 Å². The third-order valence-corrected chi connectivity index (χ3v) is 4.13. The van der Waals surface area contributed by atoms with Crippen molar-refractivity contribution >= 4 is 36.2 Å². The second kappa shape index (κ2) is 17.1. The minimum Gasteiger partial charge on any atom is -0.449 e. The van der Waals surface area contributed by atoms with Crippen LogP contribution in [0.5, 0.6) is 0 Å². The zero-order valence-corrected chi connectivity index (χ0v) is 21.3. The summed E-state index contributed by atoms with van der Waals surface area (Å²) in [4.78, 5) is 64.2. The molecule has 0 saturated heterocycles. The molecule has 0 heterocycles. The summed E-state index contributed by atoms with van der Waals surface area (Å²) in [5.41, 5.74) is 5.45. The Hall–Kier alpha value is -3.38. The number of aldehydes is 1. The molecule has 200 valence electrons. The lowest BCUT2D eigenvalue weighted by atomic mass is 10.1. The molecule has 0 aromatic rings. The maximum Gasteiger partial charge on any atom is 0.508 e. The van der Waals surface area contributed by atoms with Crippen molar-refractivity contribution in [3.05, 3.63) is 0 Å². The first kappa shape index (κ1) is 31.6. The van der Waals surface area contributed by atoms with Crippen LogP contribution in [0.2, 0.25) is 0 Å². The molecular weight excluding hydrogens is 462 g/mol. The van der Waals surface area contributed by atoms with E-state index in [9.17, 15) is 24.0 Å². The molecule has 3 amide bonds. The van der Waals surface area contributed by atoms with E-state index < -0.39 is 54.9 Å². The summed E-state index contributed by atoms with van der Waals surface area (Å²) >= 11 is 0. The van der Waals surface area contributed by atoms with E-state index in [4.69, 9.17) is 19.9 Å². The van der Waals surface area contributed by atoms with Gasteiger partial charge in [0.25, 0.3) is 0 Å². The number of nitrogens with zero attached hydrogens (tertiary/aromatic N) is 1. The van der Waals surface area contributed by atoms with Gasteiger partial charge in [0.05, 0.1) is 24.6 Å². The van der Waals surface area contributed by atoms with Crippen molar-refractivity contribution in [2.24, 2.45) is 16.6 Å². The highest BCUT2D eigenvalue weighted by Crippen LogP contribution is 2.00. The number of nitrogens with two attached hydrogens (primary N) is 1. The molecule has 0 spiro atoms. The van der Waals surface area contributed by atoms with Crippen LogP contribution in [0.3, 0.4) is 0 Å². The van der Waals surface area contributed by atoms with Crippen molar-refractivity contribution in [3.63, 3.8) is 0 Å². The predicted octanol–water partition coefficient (Wildman–Crippen LogP) is 0.645. The molecule has 35 heavy (non-hydrogen) atoms. The fraction of sp³-hybridized carbons (Fsp3) is 0.727. The van der Waals surface area contributed by atoms with Crippen molar-refractivity contribution in [2.75, 3.05) is 19.8 Å². The molecule has 3 atom stereocenters. The lowest BCUT2D eigenvalue weighted by molar-refractivity contribution is -0.131. The number of rotatable bonds is 15. The SMILES string of the molecule is CC(N)=NCCCC(C=O)NC(=O)[C@H](C)NC(=O)[C@@H](COC(=O)OC(C)C)NC(=O)OCC(C)C. The lowest BCUT2D eigenvalue weighted by Gasteiger charge is -2.22. The molecule has 0 rings (SSSR count). The highest BCUT2D eigenvalue weighted by atomic mass is 16.7. The van der Waals surface area contributed by atoms with E-state index in [2.05, 4.69) is 20.9 Å². The van der Waals surface area contributed by atoms with E-state index in [1.807, 2.05) is 13.8 Å². The van der Waals surface area contributed by atoms with Crippen molar-refractivity contribution in [3.8, 4) is 0 Å². The molecule has 0 radical (unpaired) electrons. The number of amides is 3. The summed E-state index contributed by atoms with van der Waals surface area (Å²) in [7, 11) is 0. The van der Waals surface area contributed by atoms with Crippen molar-refractivity contribution in [1.82, 2.24) is 16.0 Å². The topological polar surface area (TPSA) is 188 Å². The average Bonchev–Trinajstić information content (AvgIpc) is 2.76. The standard InChI is InChI=1S/C22H39N5O8/c1-13(2)11-33-21(31)27-18(12-34-22(32)35-14(3)4)20(30)25-15(5)19(29)26-17(10-28)8-7-9-24-16(6)23/h10,13-15,17-18H,7-9,11-12H2,1-6H3,(H2,23,24)(H,25,30)(H,26,29)(H,27,31)/t15-,17?,18+/m0/s1. The van der Waals surface area contributed by atoms with Gasteiger partial charge in [-0.05, 0) is 46.5 Å². The first-order valence-corrected chi connectivity index (χ1v) is 11.4. The molecule has 0 aliphatic rings. The fourth-order valence-corrected chi connectivity index (χ4v) is 2.42. The highest BCUT2D eigenvalue weighted by Gasteiger charge is 2.27. The smallest absolute Gasteiger partial charge is 0.449 e. The highest BCUT2D eigenvalue weighted by molar-refractivity contribution is 5.92. The molecule has 0 aliphatic heterocycles. The van der Waals surface area contributed by atoms with E-state index in [1.165, 1.54) is 6.92 Å². The average molecular weight is 502 g/mol. The summed E-state index contributed by atoms with van der Waals surface area (Å²) in [5, 5.41) is 7.25. The quantitative estimate of drug-likeness (QED) is 0.0821. The molecule has 0 saturated carbocycles. The monoisotopic (exact) mass is 501 g/mol. The van der Waals surface area contributed by atoms with Gasteiger partial charge in [-0.3, -0.25) is 14.6 Å². The molecule has 0 bridgehead atoms. The molecule has 0 aromatic heterocycles. The van der Waals surface area contributed by atoms with E-state index in [1.54, 1.807) is 20.8 Å². The van der Waals surface area contributed by atoms with Gasteiger partial charge in [0, 0.05) is 6.54 Å². The van der Waals surface area contributed by atoms with Gasteiger partial charge >= 0.3 is 12.2 Å². The van der Waals surface area contributed by atoms with Crippen LogP contribution in [0.4, 0.5) is 9.59 Å². The molecule has 0 aliphatic carbocycles. The Labute approximate surface area is 205 Å². The molecule has 0 aromatic carbocycles. The summed E-state index contributed by atoms with van der Waals surface area (Å²) in [6.07, 6.45) is -0.914. The maximum atomic E-state index is 12.7. The third-order valence-electron chi connectivity index (χ3n) is 4.13. The molecule has 13 nitrogen and oxygen atoms in total. The largest absolute Gasteiger partial charge is 0.508 e.